The average molecular weight is 256 g/mol. The zero-order chi connectivity index (χ0) is 13.5. The largest absolute Gasteiger partial charge is 0.463 e. The Bertz CT molecular complexity index is 585. The number of hydrogen-bond donors (Lipinski definition) is 0. The summed E-state index contributed by atoms with van der Waals surface area (Å²) in [5.41, 5.74) is 1.72. The van der Waals surface area contributed by atoms with E-state index in [4.69, 9.17) is 4.74 Å². The average Bonchev–Trinajstić information content (AvgIpc) is 2.95. The Morgan fingerprint density at radius 1 is 1.37 bits per heavy atom. The highest BCUT2D eigenvalue weighted by Crippen LogP contribution is 2.49. The van der Waals surface area contributed by atoms with Crippen LogP contribution in [0.1, 0.15) is 35.7 Å². The Kier molecular flexibility index (Phi) is 2.77. The number of esters is 1. The summed E-state index contributed by atoms with van der Waals surface area (Å²) in [6.07, 6.45) is 4.00. The number of ketones is 1. The standard InChI is InChI=1S/C16H16O3/c1-2-19-15(18)13-8-5-9-16(13)10-11-6-3-4-7-12(11)14(16)17/h3-4,6-8H,2,5,9-10H2,1H3. The van der Waals surface area contributed by atoms with Crippen LogP contribution >= 0.6 is 0 Å². The second kappa shape index (κ2) is 4.34. The van der Waals surface area contributed by atoms with E-state index < -0.39 is 5.41 Å². The van der Waals surface area contributed by atoms with E-state index in [-0.39, 0.29) is 11.8 Å². The van der Waals surface area contributed by atoms with Gasteiger partial charge in [0, 0.05) is 11.1 Å². The summed E-state index contributed by atoms with van der Waals surface area (Å²) < 4.78 is 5.10. The van der Waals surface area contributed by atoms with Crippen molar-refractivity contribution >= 4 is 11.8 Å². The predicted octanol–water partition coefficient (Wildman–Crippen LogP) is 2.70. The molecule has 1 spiro atoms. The normalized spacial score (nSPS) is 24.5. The van der Waals surface area contributed by atoms with Gasteiger partial charge >= 0.3 is 5.97 Å². The molecule has 0 heterocycles. The molecule has 1 unspecified atom stereocenters. The number of allylic oxidation sites excluding steroid dienone is 1. The summed E-state index contributed by atoms with van der Waals surface area (Å²) in [5, 5.41) is 0. The number of carbonyl (C=O) groups excluding carboxylic acids is 2. The molecule has 0 aromatic heterocycles. The zero-order valence-electron chi connectivity index (χ0n) is 10.9. The predicted molar refractivity (Wildman–Crippen MR) is 70.9 cm³/mol. The van der Waals surface area contributed by atoms with Gasteiger partial charge in [0.15, 0.2) is 5.78 Å². The molecule has 0 aliphatic heterocycles. The van der Waals surface area contributed by atoms with Crippen LogP contribution in [0.25, 0.3) is 0 Å². The lowest BCUT2D eigenvalue weighted by atomic mass is 9.77. The Morgan fingerprint density at radius 2 is 2.16 bits per heavy atom. The van der Waals surface area contributed by atoms with Crippen LogP contribution in [0.15, 0.2) is 35.9 Å². The second-order valence-corrected chi connectivity index (χ2v) is 5.12. The summed E-state index contributed by atoms with van der Waals surface area (Å²) in [6.45, 7) is 2.12. The van der Waals surface area contributed by atoms with Crippen LogP contribution in [0.3, 0.4) is 0 Å². The van der Waals surface area contributed by atoms with Crippen LogP contribution in [0.4, 0.5) is 0 Å². The van der Waals surface area contributed by atoms with Crippen molar-refractivity contribution < 1.29 is 14.3 Å². The molecule has 0 saturated heterocycles. The molecule has 3 heteroatoms. The van der Waals surface area contributed by atoms with Crippen molar-refractivity contribution in [3.05, 3.63) is 47.0 Å². The van der Waals surface area contributed by atoms with Gasteiger partial charge in [-0.1, -0.05) is 30.3 Å². The van der Waals surface area contributed by atoms with Gasteiger partial charge in [0.25, 0.3) is 0 Å². The lowest BCUT2D eigenvalue weighted by molar-refractivity contribution is -0.139. The number of hydrogen-bond acceptors (Lipinski definition) is 3. The number of fused-ring (bicyclic) bond motifs is 1. The Labute approximate surface area is 112 Å². The summed E-state index contributed by atoms with van der Waals surface area (Å²) in [5.74, 6) is -0.249. The SMILES string of the molecule is CCOC(=O)C1=CCCC12Cc1ccccc1C2=O. The van der Waals surface area contributed by atoms with E-state index in [1.54, 1.807) is 6.92 Å². The smallest absolute Gasteiger partial charge is 0.334 e. The van der Waals surface area contributed by atoms with Crippen molar-refractivity contribution in [2.24, 2.45) is 5.41 Å². The van der Waals surface area contributed by atoms with Gasteiger partial charge < -0.3 is 4.74 Å². The lowest BCUT2D eigenvalue weighted by Crippen LogP contribution is -2.32. The highest BCUT2D eigenvalue weighted by atomic mass is 16.5. The Morgan fingerprint density at radius 3 is 2.89 bits per heavy atom. The van der Waals surface area contributed by atoms with Crippen LogP contribution in [0.2, 0.25) is 0 Å². The first-order chi connectivity index (χ1) is 9.19. The highest BCUT2D eigenvalue weighted by Gasteiger charge is 2.52. The van der Waals surface area contributed by atoms with Crippen molar-refractivity contribution in [3.63, 3.8) is 0 Å². The lowest BCUT2D eigenvalue weighted by Gasteiger charge is -2.24. The van der Waals surface area contributed by atoms with E-state index in [1.165, 1.54) is 0 Å². The van der Waals surface area contributed by atoms with Crippen molar-refractivity contribution in [2.45, 2.75) is 26.2 Å². The molecule has 2 aliphatic carbocycles. The van der Waals surface area contributed by atoms with Crippen molar-refractivity contribution in [1.29, 1.82) is 0 Å². The van der Waals surface area contributed by atoms with E-state index in [1.807, 2.05) is 30.3 Å². The maximum atomic E-state index is 12.7. The quantitative estimate of drug-likeness (QED) is 0.764. The summed E-state index contributed by atoms with van der Waals surface area (Å²) in [7, 11) is 0. The van der Waals surface area contributed by atoms with Crippen molar-refractivity contribution in [2.75, 3.05) is 6.61 Å². The molecule has 1 aromatic rings. The Hall–Kier alpha value is -1.90. The third kappa shape index (κ3) is 1.65. The molecule has 98 valence electrons. The summed E-state index contributed by atoms with van der Waals surface area (Å²) in [6, 6.07) is 7.64. The molecular weight excluding hydrogens is 240 g/mol. The van der Waals surface area contributed by atoms with Gasteiger partial charge in [-0.05, 0) is 31.7 Å². The molecular formula is C16H16O3. The van der Waals surface area contributed by atoms with E-state index in [9.17, 15) is 9.59 Å². The van der Waals surface area contributed by atoms with Crippen LogP contribution < -0.4 is 0 Å². The first-order valence-corrected chi connectivity index (χ1v) is 6.69. The van der Waals surface area contributed by atoms with Gasteiger partial charge in [-0.3, -0.25) is 4.79 Å². The van der Waals surface area contributed by atoms with Crippen LogP contribution in [-0.4, -0.2) is 18.4 Å². The third-order valence-corrected chi connectivity index (χ3v) is 4.12. The fraction of sp³-hybridized carbons (Fsp3) is 0.375. The summed E-state index contributed by atoms with van der Waals surface area (Å²) in [4.78, 5) is 24.8. The Balaban J connectivity index is 2.01. The van der Waals surface area contributed by atoms with E-state index in [0.29, 0.717) is 25.0 Å². The molecule has 0 bridgehead atoms. The number of benzene rings is 1. The molecule has 0 radical (unpaired) electrons. The third-order valence-electron chi connectivity index (χ3n) is 4.12. The minimum Gasteiger partial charge on any atom is -0.463 e. The molecule has 0 amide bonds. The topological polar surface area (TPSA) is 43.4 Å². The van der Waals surface area contributed by atoms with Gasteiger partial charge in [0.1, 0.15) is 0 Å². The minimum atomic E-state index is -0.657. The second-order valence-electron chi connectivity index (χ2n) is 5.12. The molecule has 3 rings (SSSR count). The molecule has 0 fully saturated rings. The van der Waals surface area contributed by atoms with Crippen molar-refractivity contribution in [3.8, 4) is 0 Å². The van der Waals surface area contributed by atoms with E-state index >= 15 is 0 Å². The molecule has 19 heavy (non-hydrogen) atoms. The molecule has 3 nitrogen and oxygen atoms in total. The van der Waals surface area contributed by atoms with E-state index in [2.05, 4.69) is 0 Å². The maximum Gasteiger partial charge on any atom is 0.334 e. The van der Waals surface area contributed by atoms with Crippen LogP contribution in [0.5, 0.6) is 0 Å². The first-order valence-electron chi connectivity index (χ1n) is 6.69. The van der Waals surface area contributed by atoms with Crippen LogP contribution in [0, 0.1) is 5.41 Å². The minimum absolute atomic E-state index is 0.0832. The van der Waals surface area contributed by atoms with Gasteiger partial charge in [-0.2, -0.15) is 0 Å². The fourth-order valence-corrected chi connectivity index (χ4v) is 3.26. The molecule has 2 aliphatic rings. The van der Waals surface area contributed by atoms with Gasteiger partial charge in [-0.25, -0.2) is 4.79 Å². The molecule has 0 N–H and O–H groups in total. The fourth-order valence-electron chi connectivity index (χ4n) is 3.26. The molecule has 1 atom stereocenters. The summed E-state index contributed by atoms with van der Waals surface area (Å²) >= 11 is 0. The number of Topliss-reactive ketones (excluding diaryl/α,β-unsaturated/α-hetero) is 1. The maximum absolute atomic E-state index is 12.7. The number of rotatable bonds is 2. The van der Waals surface area contributed by atoms with Gasteiger partial charge in [-0.15, -0.1) is 0 Å². The van der Waals surface area contributed by atoms with Crippen LogP contribution in [-0.2, 0) is 16.0 Å². The monoisotopic (exact) mass is 256 g/mol. The van der Waals surface area contributed by atoms with Gasteiger partial charge in [0.2, 0.25) is 0 Å². The van der Waals surface area contributed by atoms with Crippen molar-refractivity contribution in [1.82, 2.24) is 0 Å². The number of carbonyl (C=O) groups is 2. The molecule has 1 aromatic carbocycles. The zero-order valence-corrected chi connectivity index (χ0v) is 10.9. The number of ether oxygens (including phenoxy) is 1. The molecule has 0 saturated carbocycles. The van der Waals surface area contributed by atoms with E-state index in [0.717, 1.165) is 17.5 Å². The van der Waals surface area contributed by atoms with Gasteiger partial charge in [0.05, 0.1) is 12.0 Å². The highest BCUT2D eigenvalue weighted by molar-refractivity contribution is 6.12. The first kappa shape index (κ1) is 12.2.